The molecule has 2 aromatic rings. The van der Waals surface area contributed by atoms with Crippen molar-refractivity contribution in [2.24, 2.45) is 11.7 Å². The summed E-state index contributed by atoms with van der Waals surface area (Å²) in [5.74, 6) is -0.370. The fourth-order valence-electron chi connectivity index (χ4n) is 2.59. The SMILES string of the molecule is CC(C(=O)Nc1nc2c(s1)CCC2)C(N)c1ccccc1. The highest BCUT2D eigenvalue weighted by Crippen LogP contribution is 2.31. The number of carbonyl (C=O) groups is 1. The van der Waals surface area contributed by atoms with Crippen molar-refractivity contribution in [1.82, 2.24) is 4.98 Å². The van der Waals surface area contributed by atoms with Crippen LogP contribution in [0.5, 0.6) is 0 Å². The van der Waals surface area contributed by atoms with Crippen LogP contribution in [0.1, 0.15) is 35.5 Å². The van der Waals surface area contributed by atoms with Gasteiger partial charge in [0.25, 0.3) is 0 Å². The van der Waals surface area contributed by atoms with Gasteiger partial charge in [-0.15, -0.1) is 11.3 Å². The van der Waals surface area contributed by atoms with Crippen molar-refractivity contribution in [2.75, 3.05) is 5.32 Å². The predicted molar refractivity (Wildman–Crippen MR) is 85.3 cm³/mol. The van der Waals surface area contributed by atoms with Crippen molar-refractivity contribution < 1.29 is 4.79 Å². The van der Waals surface area contributed by atoms with Crippen molar-refractivity contribution in [3.05, 3.63) is 46.5 Å². The first-order valence-electron chi connectivity index (χ1n) is 7.25. The number of hydrogen-bond acceptors (Lipinski definition) is 4. The van der Waals surface area contributed by atoms with E-state index in [4.69, 9.17) is 5.73 Å². The van der Waals surface area contributed by atoms with Gasteiger partial charge >= 0.3 is 0 Å². The molecule has 1 aliphatic carbocycles. The second-order valence-corrected chi connectivity index (χ2v) is 6.54. The smallest absolute Gasteiger partial charge is 0.230 e. The molecule has 4 nitrogen and oxygen atoms in total. The first-order chi connectivity index (χ1) is 10.1. The number of hydrogen-bond donors (Lipinski definition) is 2. The summed E-state index contributed by atoms with van der Waals surface area (Å²) in [6, 6.07) is 9.41. The molecule has 0 fully saturated rings. The van der Waals surface area contributed by atoms with Gasteiger partial charge in [-0.3, -0.25) is 4.79 Å². The van der Waals surface area contributed by atoms with E-state index in [1.807, 2.05) is 37.3 Å². The Hall–Kier alpha value is -1.72. The van der Waals surface area contributed by atoms with E-state index in [0.29, 0.717) is 5.13 Å². The third-order valence-electron chi connectivity index (χ3n) is 3.96. The highest BCUT2D eigenvalue weighted by atomic mass is 32.1. The molecule has 0 saturated heterocycles. The molecule has 5 heteroatoms. The van der Waals surface area contributed by atoms with Crippen molar-refractivity contribution >= 4 is 22.4 Å². The van der Waals surface area contributed by atoms with Crippen LogP contribution < -0.4 is 11.1 Å². The minimum atomic E-state index is -0.307. The number of thiazole rings is 1. The quantitative estimate of drug-likeness (QED) is 0.912. The van der Waals surface area contributed by atoms with E-state index in [9.17, 15) is 4.79 Å². The van der Waals surface area contributed by atoms with E-state index in [0.717, 1.165) is 24.1 Å². The Morgan fingerprint density at radius 3 is 2.81 bits per heavy atom. The maximum atomic E-state index is 12.3. The molecule has 0 saturated carbocycles. The molecule has 2 unspecified atom stereocenters. The highest BCUT2D eigenvalue weighted by Gasteiger charge is 2.24. The summed E-state index contributed by atoms with van der Waals surface area (Å²) in [6.45, 7) is 1.86. The van der Waals surface area contributed by atoms with E-state index in [1.165, 1.54) is 11.3 Å². The Labute approximate surface area is 128 Å². The number of aromatic nitrogens is 1. The predicted octanol–water partition coefficient (Wildman–Crippen LogP) is 2.91. The van der Waals surface area contributed by atoms with Crippen LogP contribution in [0.2, 0.25) is 0 Å². The molecule has 0 bridgehead atoms. The summed E-state index contributed by atoms with van der Waals surface area (Å²) in [5.41, 5.74) is 8.31. The third-order valence-corrected chi connectivity index (χ3v) is 5.04. The number of rotatable bonds is 4. The number of fused-ring (bicyclic) bond motifs is 1. The number of benzene rings is 1. The topological polar surface area (TPSA) is 68.0 Å². The number of nitrogens with two attached hydrogens (primary N) is 1. The summed E-state index contributed by atoms with van der Waals surface area (Å²) < 4.78 is 0. The van der Waals surface area contributed by atoms with Crippen molar-refractivity contribution in [2.45, 2.75) is 32.2 Å². The lowest BCUT2D eigenvalue weighted by Crippen LogP contribution is -2.30. The van der Waals surface area contributed by atoms with E-state index in [2.05, 4.69) is 10.3 Å². The molecular formula is C16H19N3OS. The fourth-order valence-corrected chi connectivity index (χ4v) is 3.64. The van der Waals surface area contributed by atoms with E-state index in [-0.39, 0.29) is 17.9 Å². The normalized spacial score (nSPS) is 16.3. The lowest BCUT2D eigenvalue weighted by atomic mass is 9.95. The number of nitrogens with one attached hydrogen (secondary N) is 1. The van der Waals surface area contributed by atoms with Crippen LogP contribution in [0.15, 0.2) is 30.3 Å². The summed E-state index contributed by atoms with van der Waals surface area (Å²) in [4.78, 5) is 18.1. The molecule has 1 heterocycles. The summed E-state index contributed by atoms with van der Waals surface area (Å²) >= 11 is 1.59. The number of carbonyl (C=O) groups excluding carboxylic acids is 1. The molecule has 1 aromatic heterocycles. The van der Waals surface area contributed by atoms with Gasteiger partial charge in [-0.2, -0.15) is 0 Å². The minimum Gasteiger partial charge on any atom is -0.323 e. The highest BCUT2D eigenvalue weighted by molar-refractivity contribution is 7.15. The van der Waals surface area contributed by atoms with Gasteiger partial charge in [0.15, 0.2) is 5.13 Å². The molecule has 110 valence electrons. The number of nitrogens with zero attached hydrogens (tertiary/aromatic N) is 1. The number of anilines is 1. The van der Waals surface area contributed by atoms with Gasteiger partial charge in [0.05, 0.1) is 11.6 Å². The zero-order valence-electron chi connectivity index (χ0n) is 12.0. The molecular weight excluding hydrogens is 282 g/mol. The zero-order chi connectivity index (χ0) is 14.8. The molecule has 1 amide bonds. The monoisotopic (exact) mass is 301 g/mol. The summed E-state index contributed by atoms with van der Waals surface area (Å²) in [7, 11) is 0. The van der Waals surface area contributed by atoms with Gasteiger partial charge in [0.2, 0.25) is 5.91 Å². The van der Waals surface area contributed by atoms with Crippen LogP contribution in [0.25, 0.3) is 0 Å². The molecule has 3 N–H and O–H groups in total. The van der Waals surface area contributed by atoms with Crippen LogP contribution >= 0.6 is 11.3 Å². The Bertz CT molecular complexity index is 617. The summed E-state index contributed by atoms with van der Waals surface area (Å²) in [5, 5.41) is 3.62. The van der Waals surface area contributed by atoms with Gasteiger partial charge in [-0.25, -0.2) is 4.98 Å². The molecule has 0 radical (unpaired) electrons. The maximum Gasteiger partial charge on any atom is 0.230 e. The molecule has 21 heavy (non-hydrogen) atoms. The average Bonchev–Trinajstić information content (AvgIpc) is 3.07. The van der Waals surface area contributed by atoms with Gasteiger partial charge in [0, 0.05) is 10.9 Å². The Morgan fingerprint density at radius 2 is 2.10 bits per heavy atom. The minimum absolute atomic E-state index is 0.0706. The third kappa shape index (κ3) is 2.99. The lowest BCUT2D eigenvalue weighted by Gasteiger charge is -2.19. The Kier molecular flexibility index (Phi) is 4.03. The fraction of sp³-hybridized carbons (Fsp3) is 0.375. The molecule has 1 aromatic carbocycles. The first kappa shape index (κ1) is 14.2. The second kappa shape index (κ2) is 5.95. The van der Waals surface area contributed by atoms with Gasteiger partial charge in [-0.1, -0.05) is 37.3 Å². The standard InChI is InChI=1S/C16H19N3OS/c1-10(14(17)11-6-3-2-4-7-11)15(20)19-16-18-12-8-5-9-13(12)21-16/h2-4,6-7,10,14H,5,8-9,17H2,1H3,(H,18,19,20). The second-order valence-electron chi connectivity index (χ2n) is 5.46. The van der Waals surface area contributed by atoms with Crippen molar-refractivity contribution in [1.29, 1.82) is 0 Å². The zero-order valence-corrected chi connectivity index (χ0v) is 12.8. The molecule has 1 aliphatic rings. The van der Waals surface area contributed by atoms with E-state index < -0.39 is 0 Å². The van der Waals surface area contributed by atoms with Gasteiger partial charge in [0.1, 0.15) is 0 Å². The Morgan fingerprint density at radius 1 is 1.33 bits per heavy atom. The van der Waals surface area contributed by atoms with Crippen LogP contribution in [-0.2, 0) is 17.6 Å². The van der Waals surface area contributed by atoms with Crippen molar-refractivity contribution in [3.8, 4) is 0 Å². The number of amides is 1. The number of aryl methyl sites for hydroxylation is 2. The van der Waals surface area contributed by atoms with Gasteiger partial charge < -0.3 is 11.1 Å². The molecule has 3 rings (SSSR count). The average molecular weight is 301 g/mol. The van der Waals surface area contributed by atoms with Crippen molar-refractivity contribution in [3.63, 3.8) is 0 Å². The van der Waals surface area contributed by atoms with Crippen LogP contribution in [0.3, 0.4) is 0 Å². The van der Waals surface area contributed by atoms with E-state index in [1.54, 1.807) is 11.3 Å². The molecule has 2 atom stereocenters. The van der Waals surface area contributed by atoms with Crippen LogP contribution in [-0.4, -0.2) is 10.9 Å². The van der Waals surface area contributed by atoms with Crippen LogP contribution in [0.4, 0.5) is 5.13 Å². The lowest BCUT2D eigenvalue weighted by molar-refractivity contribution is -0.120. The maximum absolute atomic E-state index is 12.3. The molecule has 0 spiro atoms. The first-order valence-corrected chi connectivity index (χ1v) is 8.07. The largest absolute Gasteiger partial charge is 0.323 e. The Balaban J connectivity index is 1.66. The molecule has 0 aliphatic heterocycles. The van der Waals surface area contributed by atoms with Gasteiger partial charge in [-0.05, 0) is 24.8 Å². The van der Waals surface area contributed by atoms with Crippen LogP contribution in [0, 0.1) is 5.92 Å². The summed E-state index contributed by atoms with van der Waals surface area (Å²) in [6.07, 6.45) is 3.29. The van der Waals surface area contributed by atoms with E-state index >= 15 is 0 Å².